The number of hydrogen-bond donors (Lipinski definition) is 2. The van der Waals surface area contributed by atoms with Gasteiger partial charge in [0.15, 0.2) is 0 Å². The number of nitrogens with one attached hydrogen (secondary N) is 2. The van der Waals surface area contributed by atoms with Gasteiger partial charge in [0.2, 0.25) is 0 Å². The summed E-state index contributed by atoms with van der Waals surface area (Å²) in [7, 11) is 0. The van der Waals surface area contributed by atoms with Crippen molar-refractivity contribution < 1.29 is 30.7 Å². The number of rotatable bonds is 0. The third-order valence-corrected chi connectivity index (χ3v) is 1.30. The predicted molar refractivity (Wildman–Crippen MR) is 20.5 cm³/mol. The molecular weight excluding hydrogens is 204 g/mol. The fraction of sp³-hybridized carbons (Fsp3) is 0.333. The molecule has 0 spiro atoms. The van der Waals surface area contributed by atoms with Crippen LogP contribution in [-0.4, -0.2) is 16.2 Å². The van der Waals surface area contributed by atoms with Gasteiger partial charge < -0.3 is 0 Å². The Morgan fingerprint density at radius 2 is 2.12 bits per heavy atom. The molecule has 1 fully saturated rings. The number of carbonyl (C=O) groups is 2. The van der Waals surface area contributed by atoms with E-state index in [1.807, 2.05) is 5.32 Å². The normalized spacial score (nSPS) is 27.5. The Bertz CT molecular complexity index is 146. The van der Waals surface area contributed by atoms with Crippen LogP contribution in [0.1, 0.15) is 0 Å². The summed E-state index contributed by atoms with van der Waals surface area (Å²) in [6, 6.07) is -0.448. The summed E-state index contributed by atoms with van der Waals surface area (Å²) in [4.78, 5) is 20.5. The topological polar surface area (TPSA) is 58.2 Å². The number of hydrogen-bond acceptors (Lipinski definition) is 2. The van der Waals surface area contributed by atoms with Crippen LogP contribution in [0.4, 0.5) is 4.79 Å². The molecule has 0 aromatic heterocycles. The molecule has 1 rings (SSSR count). The molecule has 0 radical (unpaired) electrons. The summed E-state index contributed by atoms with van der Waals surface area (Å²) in [6.45, 7) is 0. The summed E-state index contributed by atoms with van der Waals surface area (Å²) < 4.78 is -0.549. The van der Waals surface area contributed by atoms with Crippen LogP contribution in [0.15, 0.2) is 0 Å². The molecule has 0 aromatic rings. The van der Waals surface area contributed by atoms with Crippen molar-refractivity contribution in [1.82, 2.24) is 10.6 Å². The Morgan fingerprint density at radius 3 is 2.25 bits per heavy atom. The second-order valence-corrected chi connectivity index (χ2v) is 2.14. The Balaban J connectivity index is 2.64. The first-order valence-electron chi connectivity index (χ1n) is 1.91. The fourth-order valence-electron chi connectivity index (χ4n) is 0.376. The van der Waals surface area contributed by atoms with Gasteiger partial charge in [0.1, 0.15) is 0 Å². The van der Waals surface area contributed by atoms with E-state index in [0.29, 0.717) is 0 Å². The van der Waals surface area contributed by atoms with E-state index in [-0.39, 0.29) is 5.91 Å². The van der Waals surface area contributed by atoms with Crippen LogP contribution in [0.5, 0.6) is 0 Å². The molecule has 0 aromatic carbocycles. The maximum atomic E-state index is 10.3. The average Bonchev–Trinajstić information content (AvgIpc) is 1.85. The minimum atomic E-state index is -0.549. The molecule has 5 heteroatoms. The standard InChI is InChI=1S/C3H3N2O2.Ag/c6-2-1-4-3(7)5-2;/h1H,(H2,4,5,6,7);. The Morgan fingerprint density at radius 1 is 1.50 bits per heavy atom. The van der Waals surface area contributed by atoms with Gasteiger partial charge >= 0.3 is 57.5 Å². The van der Waals surface area contributed by atoms with Gasteiger partial charge in [0.25, 0.3) is 0 Å². The van der Waals surface area contributed by atoms with Gasteiger partial charge in [-0.05, 0) is 0 Å². The molecule has 4 nitrogen and oxygen atoms in total. The van der Waals surface area contributed by atoms with Crippen LogP contribution >= 0.6 is 0 Å². The van der Waals surface area contributed by atoms with Crippen molar-refractivity contribution in [3.8, 4) is 0 Å². The van der Waals surface area contributed by atoms with Crippen LogP contribution in [0, 0.1) is 0 Å². The van der Waals surface area contributed by atoms with E-state index in [0.717, 1.165) is 0 Å². The van der Waals surface area contributed by atoms with Gasteiger partial charge in [-0.3, -0.25) is 0 Å². The monoisotopic (exact) mass is 206 g/mol. The SMILES string of the molecule is O=C1NC(=O)[CH]([Ag])N1. The molecule has 8 heavy (non-hydrogen) atoms. The zero-order chi connectivity index (χ0) is 6.15. The molecule has 1 atom stereocenters. The Labute approximate surface area is 57.9 Å². The van der Waals surface area contributed by atoms with Gasteiger partial charge in [0, 0.05) is 0 Å². The zero-order valence-corrected chi connectivity index (χ0v) is 5.18. The molecule has 0 saturated carbocycles. The summed E-state index contributed by atoms with van der Waals surface area (Å²) >= 11 is 2.92. The minimum absolute atomic E-state index is 0.339. The molecule has 0 bridgehead atoms. The molecule has 1 unspecified atom stereocenters. The van der Waals surface area contributed by atoms with E-state index in [1.165, 1.54) is 0 Å². The van der Waals surface area contributed by atoms with E-state index in [2.05, 4.69) is 26.4 Å². The first-order chi connectivity index (χ1) is 3.70. The van der Waals surface area contributed by atoms with Gasteiger partial charge in [-0.1, -0.05) is 0 Å². The summed E-state index contributed by atoms with van der Waals surface area (Å²) in [5.41, 5.74) is 0. The molecule has 48 valence electrons. The van der Waals surface area contributed by atoms with E-state index < -0.39 is 10.3 Å². The quantitative estimate of drug-likeness (QED) is 0.383. The van der Waals surface area contributed by atoms with Crippen molar-refractivity contribution in [2.45, 2.75) is 4.26 Å². The van der Waals surface area contributed by atoms with Crippen LogP contribution < -0.4 is 10.6 Å². The average molecular weight is 207 g/mol. The maximum absolute atomic E-state index is 10.3. The molecule has 3 amide bonds. The van der Waals surface area contributed by atoms with Crippen molar-refractivity contribution >= 4 is 11.9 Å². The number of imide groups is 1. The second-order valence-electron chi connectivity index (χ2n) is 1.28. The molecule has 1 aliphatic heterocycles. The van der Waals surface area contributed by atoms with Crippen LogP contribution in [0.2, 0.25) is 0 Å². The third kappa shape index (κ3) is 0.912. The van der Waals surface area contributed by atoms with Crippen LogP contribution in [0.3, 0.4) is 0 Å². The number of urea groups is 1. The molecular formula is C3H3AgN2O2. The van der Waals surface area contributed by atoms with Crippen molar-refractivity contribution in [2.24, 2.45) is 0 Å². The summed E-state index contributed by atoms with van der Waals surface area (Å²) in [6.07, 6.45) is 0. The van der Waals surface area contributed by atoms with Gasteiger partial charge in [-0.15, -0.1) is 0 Å². The van der Waals surface area contributed by atoms with Crippen molar-refractivity contribution in [1.29, 1.82) is 0 Å². The summed E-state index contributed by atoms with van der Waals surface area (Å²) in [5.74, 6) is -0.339. The molecule has 1 aliphatic rings. The van der Waals surface area contributed by atoms with E-state index in [4.69, 9.17) is 0 Å². The van der Waals surface area contributed by atoms with E-state index in [9.17, 15) is 9.59 Å². The van der Waals surface area contributed by atoms with Crippen LogP contribution in [-0.2, 0) is 25.9 Å². The third-order valence-electron chi connectivity index (χ3n) is 0.694. The van der Waals surface area contributed by atoms with E-state index in [1.54, 1.807) is 0 Å². The molecule has 1 heterocycles. The van der Waals surface area contributed by atoms with Crippen molar-refractivity contribution in [3.05, 3.63) is 0 Å². The van der Waals surface area contributed by atoms with Crippen molar-refractivity contribution in [2.75, 3.05) is 0 Å². The number of carbonyl (C=O) groups excluding carboxylic acids is 2. The first kappa shape index (κ1) is 5.81. The predicted octanol–water partition coefficient (Wildman–Crippen LogP) is -1.30. The second kappa shape index (κ2) is 1.89. The van der Waals surface area contributed by atoms with Gasteiger partial charge in [0.05, 0.1) is 0 Å². The fourth-order valence-corrected chi connectivity index (χ4v) is 0.678. The number of amides is 3. The summed E-state index contributed by atoms with van der Waals surface area (Å²) in [5, 5.41) is 4.31. The molecule has 2 N–H and O–H groups in total. The van der Waals surface area contributed by atoms with Gasteiger partial charge in [-0.25, -0.2) is 0 Å². The first-order valence-corrected chi connectivity index (χ1v) is 2.77. The Hall–Kier alpha value is -0.320. The van der Waals surface area contributed by atoms with E-state index >= 15 is 0 Å². The molecule has 0 aliphatic carbocycles. The van der Waals surface area contributed by atoms with Crippen LogP contribution in [0.25, 0.3) is 0 Å². The molecule has 1 saturated heterocycles. The zero-order valence-electron chi connectivity index (χ0n) is 3.70. The van der Waals surface area contributed by atoms with Gasteiger partial charge in [-0.2, -0.15) is 0 Å². The van der Waals surface area contributed by atoms with Crippen molar-refractivity contribution in [3.63, 3.8) is 0 Å². The Kier molecular flexibility index (Phi) is 1.37.